The van der Waals surface area contributed by atoms with Crippen LogP contribution in [0.5, 0.6) is 0 Å². The lowest BCUT2D eigenvalue weighted by molar-refractivity contribution is -0.105. The summed E-state index contributed by atoms with van der Waals surface area (Å²) in [5.41, 5.74) is 1.37. The number of rotatable bonds is 4. The van der Waals surface area contributed by atoms with Crippen molar-refractivity contribution in [2.24, 2.45) is 5.92 Å². The molecule has 1 N–H and O–H groups in total. The fourth-order valence-corrected chi connectivity index (χ4v) is 1.13. The van der Waals surface area contributed by atoms with E-state index in [-0.39, 0.29) is 11.7 Å². The predicted octanol–water partition coefficient (Wildman–Crippen LogP) is 2.09. The molecule has 14 heavy (non-hydrogen) atoms. The molecular weight excluding hydrogens is 178 g/mol. The third-order valence-corrected chi connectivity index (χ3v) is 1.92. The minimum Gasteiger partial charge on any atom is -0.329 e. The Balaban J connectivity index is 2.82. The smallest absolute Gasteiger partial charge is 0.211 e. The zero-order valence-electron chi connectivity index (χ0n) is 8.28. The van der Waals surface area contributed by atoms with Gasteiger partial charge in [0.05, 0.1) is 0 Å². The van der Waals surface area contributed by atoms with E-state index < -0.39 is 0 Å². The van der Waals surface area contributed by atoms with Gasteiger partial charge < -0.3 is 5.32 Å². The van der Waals surface area contributed by atoms with E-state index in [0.717, 1.165) is 0 Å². The average molecular weight is 191 g/mol. The second-order valence-corrected chi connectivity index (χ2v) is 3.36. The van der Waals surface area contributed by atoms with Gasteiger partial charge in [0.1, 0.15) is 0 Å². The second-order valence-electron chi connectivity index (χ2n) is 3.36. The van der Waals surface area contributed by atoms with Gasteiger partial charge in [-0.05, 0) is 24.3 Å². The van der Waals surface area contributed by atoms with E-state index in [0.29, 0.717) is 17.7 Å². The average Bonchev–Trinajstić information content (AvgIpc) is 2.18. The van der Waals surface area contributed by atoms with Gasteiger partial charge in [-0.3, -0.25) is 9.59 Å². The van der Waals surface area contributed by atoms with Crippen molar-refractivity contribution in [2.75, 3.05) is 5.32 Å². The third kappa shape index (κ3) is 2.42. The van der Waals surface area contributed by atoms with E-state index in [1.807, 2.05) is 13.8 Å². The van der Waals surface area contributed by atoms with Crippen LogP contribution in [0.3, 0.4) is 0 Å². The zero-order valence-corrected chi connectivity index (χ0v) is 8.28. The van der Waals surface area contributed by atoms with Gasteiger partial charge in [-0.1, -0.05) is 13.8 Å². The molecule has 1 amide bonds. The first-order valence-electron chi connectivity index (χ1n) is 4.49. The maximum atomic E-state index is 11.5. The summed E-state index contributed by atoms with van der Waals surface area (Å²) in [4.78, 5) is 21.6. The minimum absolute atomic E-state index is 0.000111. The molecule has 1 aromatic carbocycles. The second kappa shape index (κ2) is 4.56. The molecule has 0 unspecified atom stereocenters. The van der Waals surface area contributed by atoms with Crippen molar-refractivity contribution >= 4 is 17.9 Å². The summed E-state index contributed by atoms with van der Waals surface area (Å²) in [7, 11) is 0. The van der Waals surface area contributed by atoms with Crippen LogP contribution in [0.2, 0.25) is 0 Å². The Morgan fingerprint density at radius 3 is 2.29 bits per heavy atom. The normalized spacial score (nSPS) is 9.93. The molecule has 3 nitrogen and oxygen atoms in total. The molecule has 0 atom stereocenters. The lowest BCUT2D eigenvalue weighted by Gasteiger charge is -2.04. The summed E-state index contributed by atoms with van der Waals surface area (Å²) in [6, 6.07) is 6.86. The highest BCUT2D eigenvalue weighted by Gasteiger charge is 2.09. The molecule has 0 radical (unpaired) electrons. The number of ketones is 1. The minimum atomic E-state index is -0.000111. The van der Waals surface area contributed by atoms with Crippen LogP contribution >= 0.6 is 0 Å². The Hall–Kier alpha value is -1.64. The first-order chi connectivity index (χ1) is 6.65. The lowest BCUT2D eigenvalue weighted by atomic mass is 10.0. The number of nitrogens with one attached hydrogen (secondary N) is 1. The van der Waals surface area contributed by atoms with E-state index in [1.54, 1.807) is 24.3 Å². The van der Waals surface area contributed by atoms with Crippen LogP contribution in [-0.2, 0) is 4.79 Å². The quantitative estimate of drug-likeness (QED) is 0.585. The predicted molar refractivity (Wildman–Crippen MR) is 55.3 cm³/mol. The van der Waals surface area contributed by atoms with Gasteiger partial charge in [0.2, 0.25) is 6.41 Å². The molecule has 0 bridgehead atoms. The molecule has 3 heteroatoms. The summed E-state index contributed by atoms with van der Waals surface area (Å²) in [6.45, 7) is 3.72. The van der Waals surface area contributed by atoms with Crippen molar-refractivity contribution in [1.29, 1.82) is 0 Å². The molecule has 0 saturated carbocycles. The summed E-state index contributed by atoms with van der Waals surface area (Å²) in [5.74, 6) is 0.113. The Labute approximate surface area is 83.1 Å². The molecule has 0 fully saturated rings. The van der Waals surface area contributed by atoms with Gasteiger partial charge in [-0.25, -0.2) is 0 Å². The summed E-state index contributed by atoms with van der Waals surface area (Å²) in [5, 5.41) is 2.51. The highest BCUT2D eigenvalue weighted by Crippen LogP contribution is 2.12. The van der Waals surface area contributed by atoms with Crippen LogP contribution in [0.15, 0.2) is 24.3 Å². The van der Waals surface area contributed by atoms with Crippen LogP contribution in [0.1, 0.15) is 24.2 Å². The molecule has 0 aliphatic rings. The Morgan fingerprint density at radius 2 is 1.86 bits per heavy atom. The van der Waals surface area contributed by atoms with Gasteiger partial charge in [0.15, 0.2) is 5.78 Å². The fraction of sp³-hybridized carbons (Fsp3) is 0.273. The van der Waals surface area contributed by atoms with E-state index in [1.165, 1.54) is 0 Å². The van der Waals surface area contributed by atoms with Crippen molar-refractivity contribution in [3.8, 4) is 0 Å². The topological polar surface area (TPSA) is 46.2 Å². The summed E-state index contributed by atoms with van der Waals surface area (Å²) >= 11 is 0. The summed E-state index contributed by atoms with van der Waals surface area (Å²) in [6.07, 6.45) is 0.610. The Kier molecular flexibility index (Phi) is 3.40. The first kappa shape index (κ1) is 10.4. The maximum absolute atomic E-state index is 11.5. The molecule has 1 rings (SSSR count). The van der Waals surface area contributed by atoms with Crippen molar-refractivity contribution < 1.29 is 9.59 Å². The van der Waals surface area contributed by atoms with E-state index in [4.69, 9.17) is 0 Å². The molecule has 0 spiro atoms. The van der Waals surface area contributed by atoms with Crippen molar-refractivity contribution in [1.82, 2.24) is 0 Å². The molecule has 0 aliphatic carbocycles. The molecule has 74 valence electrons. The fourth-order valence-electron chi connectivity index (χ4n) is 1.13. The lowest BCUT2D eigenvalue weighted by Crippen LogP contribution is -2.07. The van der Waals surface area contributed by atoms with Crippen LogP contribution in [0.25, 0.3) is 0 Å². The SMILES string of the molecule is CC(C)C(=O)c1ccc(NC=O)cc1. The van der Waals surface area contributed by atoms with Gasteiger partial charge in [-0.15, -0.1) is 0 Å². The van der Waals surface area contributed by atoms with E-state index in [9.17, 15) is 9.59 Å². The van der Waals surface area contributed by atoms with E-state index >= 15 is 0 Å². The van der Waals surface area contributed by atoms with E-state index in [2.05, 4.69) is 5.32 Å². The number of benzene rings is 1. The number of hydrogen-bond acceptors (Lipinski definition) is 2. The van der Waals surface area contributed by atoms with Crippen LogP contribution in [0, 0.1) is 5.92 Å². The standard InChI is InChI=1S/C11H13NO2/c1-8(2)11(14)9-3-5-10(6-4-9)12-7-13/h3-8H,1-2H3,(H,12,13). The number of hydrogen-bond donors (Lipinski definition) is 1. The molecular formula is C11H13NO2. The van der Waals surface area contributed by atoms with Gasteiger partial charge in [0.25, 0.3) is 0 Å². The van der Waals surface area contributed by atoms with Crippen molar-refractivity contribution in [3.63, 3.8) is 0 Å². The maximum Gasteiger partial charge on any atom is 0.211 e. The number of anilines is 1. The van der Waals surface area contributed by atoms with Gasteiger partial charge in [-0.2, -0.15) is 0 Å². The molecule has 0 saturated heterocycles. The number of amides is 1. The van der Waals surface area contributed by atoms with Crippen molar-refractivity contribution in [2.45, 2.75) is 13.8 Å². The Bertz CT molecular complexity index is 328. The zero-order chi connectivity index (χ0) is 10.6. The van der Waals surface area contributed by atoms with Crippen LogP contribution < -0.4 is 5.32 Å². The third-order valence-electron chi connectivity index (χ3n) is 1.92. The first-order valence-corrected chi connectivity index (χ1v) is 4.49. The molecule has 0 aromatic heterocycles. The molecule has 0 heterocycles. The largest absolute Gasteiger partial charge is 0.329 e. The van der Waals surface area contributed by atoms with Crippen LogP contribution in [-0.4, -0.2) is 12.2 Å². The van der Waals surface area contributed by atoms with Crippen LogP contribution in [0.4, 0.5) is 5.69 Å². The highest BCUT2D eigenvalue weighted by atomic mass is 16.1. The molecule has 0 aliphatic heterocycles. The highest BCUT2D eigenvalue weighted by molar-refractivity contribution is 5.97. The Morgan fingerprint density at radius 1 is 1.29 bits per heavy atom. The number of carbonyl (C=O) groups is 2. The number of carbonyl (C=O) groups excluding carboxylic acids is 2. The van der Waals surface area contributed by atoms with Gasteiger partial charge >= 0.3 is 0 Å². The summed E-state index contributed by atoms with van der Waals surface area (Å²) < 4.78 is 0. The van der Waals surface area contributed by atoms with Crippen molar-refractivity contribution in [3.05, 3.63) is 29.8 Å². The molecule has 1 aromatic rings. The monoisotopic (exact) mass is 191 g/mol. The number of Topliss-reactive ketones (excluding diaryl/α,β-unsaturated/α-hetero) is 1. The van der Waals surface area contributed by atoms with Gasteiger partial charge in [0, 0.05) is 17.2 Å².